The minimum absolute atomic E-state index is 0. The molecule has 26 heavy (non-hydrogen) atoms. The Hall–Kier alpha value is -1.91. The minimum Gasteiger partial charge on any atom is -0.497 e. The van der Waals surface area contributed by atoms with Gasteiger partial charge < -0.3 is 19.8 Å². The molecule has 0 aliphatic heterocycles. The van der Waals surface area contributed by atoms with Gasteiger partial charge in [0.25, 0.3) is 0 Å². The largest absolute Gasteiger partial charge is 0.497 e. The smallest absolute Gasteiger partial charge is 0.416 e. The van der Waals surface area contributed by atoms with Crippen molar-refractivity contribution < 1.29 is 22.3 Å². The van der Waals surface area contributed by atoms with E-state index >= 15 is 0 Å². The fourth-order valence-corrected chi connectivity index (χ4v) is 2.26. The van der Waals surface area contributed by atoms with Crippen molar-refractivity contribution in [2.75, 3.05) is 20.7 Å². The Labute approximate surface area is 167 Å². The van der Waals surface area contributed by atoms with E-state index in [2.05, 4.69) is 15.6 Å². The molecule has 2 rings (SSSR count). The number of methoxy groups -OCH3 is 1. The van der Waals surface area contributed by atoms with Gasteiger partial charge in [0.15, 0.2) is 5.96 Å². The number of halogens is 4. The first-order chi connectivity index (χ1) is 11.9. The van der Waals surface area contributed by atoms with E-state index in [-0.39, 0.29) is 41.8 Å². The first-order valence-electron chi connectivity index (χ1n) is 7.65. The zero-order chi connectivity index (χ0) is 18.3. The van der Waals surface area contributed by atoms with E-state index in [9.17, 15) is 13.2 Å². The van der Waals surface area contributed by atoms with Gasteiger partial charge in [0.2, 0.25) is 0 Å². The summed E-state index contributed by atoms with van der Waals surface area (Å²) in [5, 5.41) is 5.91. The predicted molar refractivity (Wildman–Crippen MR) is 104 cm³/mol. The molecular formula is C17H21F3IN3O2. The molecule has 1 aromatic carbocycles. The first kappa shape index (κ1) is 22.1. The van der Waals surface area contributed by atoms with Crippen LogP contribution in [0.5, 0.6) is 5.75 Å². The molecule has 1 aromatic heterocycles. The number of nitrogens with one attached hydrogen (secondary N) is 2. The van der Waals surface area contributed by atoms with Gasteiger partial charge in [0.05, 0.1) is 18.9 Å². The van der Waals surface area contributed by atoms with Crippen LogP contribution >= 0.6 is 24.0 Å². The number of alkyl halides is 3. The zero-order valence-corrected chi connectivity index (χ0v) is 16.7. The third-order valence-electron chi connectivity index (χ3n) is 3.54. The van der Waals surface area contributed by atoms with Crippen LogP contribution in [-0.4, -0.2) is 26.7 Å². The van der Waals surface area contributed by atoms with Gasteiger partial charge in [-0.25, -0.2) is 0 Å². The Balaban J connectivity index is 0.00000338. The molecule has 0 atom stereocenters. The van der Waals surface area contributed by atoms with Crippen LogP contribution in [0.25, 0.3) is 0 Å². The molecule has 1 heterocycles. The average molecular weight is 483 g/mol. The third kappa shape index (κ3) is 6.43. The number of rotatable bonds is 6. The van der Waals surface area contributed by atoms with E-state index in [4.69, 9.17) is 9.15 Å². The van der Waals surface area contributed by atoms with Crippen LogP contribution in [0.4, 0.5) is 13.2 Å². The van der Waals surface area contributed by atoms with E-state index in [1.165, 1.54) is 19.2 Å². The lowest BCUT2D eigenvalue weighted by Crippen LogP contribution is -2.38. The number of hydrogen-bond acceptors (Lipinski definition) is 3. The van der Waals surface area contributed by atoms with E-state index in [0.717, 1.165) is 11.8 Å². The molecule has 0 unspecified atom stereocenters. The number of nitrogens with zero attached hydrogens (tertiary/aromatic N) is 1. The number of hydrogen-bond donors (Lipinski definition) is 2. The number of ether oxygens (including phenoxy) is 1. The SMILES string of the molecule is CN=C(NCCc1ccco1)NCc1ccc(OC)cc1C(F)(F)F.I. The summed E-state index contributed by atoms with van der Waals surface area (Å²) >= 11 is 0. The molecule has 2 N–H and O–H groups in total. The van der Waals surface area contributed by atoms with Crippen LogP contribution < -0.4 is 15.4 Å². The van der Waals surface area contributed by atoms with Crippen molar-refractivity contribution in [1.82, 2.24) is 10.6 Å². The summed E-state index contributed by atoms with van der Waals surface area (Å²) in [4.78, 5) is 4.01. The topological polar surface area (TPSA) is 58.8 Å². The maximum atomic E-state index is 13.2. The monoisotopic (exact) mass is 483 g/mol. The molecule has 0 fully saturated rings. The van der Waals surface area contributed by atoms with Crippen molar-refractivity contribution in [1.29, 1.82) is 0 Å². The zero-order valence-electron chi connectivity index (χ0n) is 14.4. The summed E-state index contributed by atoms with van der Waals surface area (Å²) in [7, 11) is 2.89. The van der Waals surface area contributed by atoms with Gasteiger partial charge in [-0.1, -0.05) is 6.07 Å². The van der Waals surface area contributed by atoms with Gasteiger partial charge in [-0.15, -0.1) is 24.0 Å². The Morgan fingerprint density at radius 2 is 2.00 bits per heavy atom. The van der Waals surface area contributed by atoms with Gasteiger partial charge in [0.1, 0.15) is 11.5 Å². The molecular weight excluding hydrogens is 462 g/mol. The van der Waals surface area contributed by atoms with Gasteiger partial charge >= 0.3 is 6.18 Å². The van der Waals surface area contributed by atoms with E-state index in [0.29, 0.717) is 18.9 Å². The lowest BCUT2D eigenvalue weighted by molar-refractivity contribution is -0.138. The lowest BCUT2D eigenvalue weighted by atomic mass is 10.1. The summed E-state index contributed by atoms with van der Waals surface area (Å²) in [5.41, 5.74) is -0.618. The molecule has 144 valence electrons. The Bertz CT molecular complexity index is 704. The second-order valence-corrected chi connectivity index (χ2v) is 5.20. The van der Waals surface area contributed by atoms with Gasteiger partial charge in [-0.05, 0) is 29.8 Å². The van der Waals surface area contributed by atoms with Crippen LogP contribution in [0, 0.1) is 0 Å². The summed E-state index contributed by atoms with van der Waals surface area (Å²) in [6, 6.07) is 7.53. The summed E-state index contributed by atoms with van der Waals surface area (Å²) in [6.07, 6.45) is -2.23. The normalized spacial score (nSPS) is 11.7. The molecule has 2 aromatic rings. The predicted octanol–water partition coefficient (Wildman–Crippen LogP) is 3.83. The molecule has 0 saturated carbocycles. The van der Waals surface area contributed by atoms with Crippen molar-refractivity contribution in [2.24, 2.45) is 4.99 Å². The second kappa shape index (κ2) is 10.3. The number of benzene rings is 1. The number of guanidine groups is 1. The first-order valence-corrected chi connectivity index (χ1v) is 7.65. The minimum atomic E-state index is -4.46. The molecule has 0 aliphatic carbocycles. The Morgan fingerprint density at radius 3 is 2.58 bits per heavy atom. The molecule has 0 aliphatic rings. The molecule has 0 radical (unpaired) electrons. The summed E-state index contributed by atoms with van der Waals surface area (Å²) < 4.78 is 49.7. The quantitative estimate of drug-likeness (QED) is 0.373. The average Bonchev–Trinajstić information content (AvgIpc) is 3.10. The van der Waals surface area contributed by atoms with E-state index < -0.39 is 11.7 Å². The van der Waals surface area contributed by atoms with Crippen molar-refractivity contribution in [2.45, 2.75) is 19.1 Å². The summed E-state index contributed by atoms with van der Waals surface area (Å²) in [5.74, 6) is 1.39. The van der Waals surface area contributed by atoms with Gasteiger partial charge in [-0.3, -0.25) is 4.99 Å². The van der Waals surface area contributed by atoms with Crippen molar-refractivity contribution in [3.05, 3.63) is 53.5 Å². The van der Waals surface area contributed by atoms with Gasteiger partial charge in [0, 0.05) is 26.6 Å². The Kier molecular flexibility index (Phi) is 8.76. The van der Waals surface area contributed by atoms with E-state index in [1.807, 2.05) is 6.07 Å². The van der Waals surface area contributed by atoms with Crippen LogP contribution in [0.3, 0.4) is 0 Å². The number of furan rings is 1. The van der Waals surface area contributed by atoms with Crippen LogP contribution in [-0.2, 0) is 19.1 Å². The third-order valence-corrected chi connectivity index (χ3v) is 3.54. The van der Waals surface area contributed by atoms with Crippen molar-refractivity contribution in [3.8, 4) is 5.75 Å². The highest BCUT2D eigenvalue weighted by molar-refractivity contribution is 14.0. The van der Waals surface area contributed by atoms with Crippen LogP contribution in [0.1, 0.15) is 16.9 Å². The fraction of sp³-hybridized carbons (Fsp3) is 0.353. The maximum absolute atomic E-state index is 13.2. The molecule has 0 spiro atoms. The highest BCUT2D eigenvalue weighted by Gasteiger charge is 2.33. The fourth-order valence-electron chi connectivity index (χ4n) is 2.26. The molecule has 0 bridgehead atoms. The van der Waals surface area contributed by atoms with Gasteiger partial charge in [-0.2, -0.15) is 13.2 Å². The van der Waals surface area contributed by atoms with E-state index in [1.54, 1.807) is 19.4 Å². The summed E-state index contributed by atoms with van der Waals surface area (Å²) in [6.45, 7) is 0.529. The molecule has 5 nitrogen and oxygen atoms in total. The number of aliphatic imine (C=N–C) groups is 1. The highest BCUT2D eigenvalue weighted by atomic mass is 127. The molecule has 0 saturated heterocycles. The standard InChI is InChI=1S/C17H20F3N3O2.HI/c1-21-16(22-8-7-13-4-3-9-25-13)23-11-12-5-6-14(24-2)10-15(12)17(18,19)20;/h3-6,9-10H,7-8,11H2,1-2H3,(H2,21,22,23);1H. The lowest BCUT2D eigenvalue weighted by Gasteiger charge is -2.16. The molecule has 9 heteroatoms. The van der Waals surface area contributed by atoms with Crippen molar-refractivity contribution >= 4 is 29.9 Å². The second-order valence-electron chi connectivity index (χ2n) is 5.20. The highest BCUT2D eigenvalue weighted by Crippen LogP contribution is 2.34. The van der Waals surface area contributed by atoms with Crippen LogP contribution in [0.15, 0.2) is 46.0 Å². The van der Waals surface area contributed by atoms with Crippen LogP contribution in [0.2, 0.25) is 0 Å². The van der Waals surface area contributed by atoms with Crippen molar-refractivity contribution in [3.63, 3.8) is 0 Å². The molecule has 0 amide bonds. The maximum Gasteiger partial charge on any atom is 0.416 e. The Morgan fingerprint density at radius 1 is 1.23 bits per heavy atom.